The Morgan fingerprint density at radius 3 is 2.10 bits per heavy atom. The summed E-state index contributed by atoms with van der Waals surface area (Å²) >= 11 is 0. The summed E-state index contributed by atoms with van der Waals surface area (Å²) in [7, 11) is 0. The average Bonchev–Trinajstić information content (AvgIpc) is 2.78. The summed E-state index contributed by atoms with van der Waals surface area (Å²) in [6.07, 6.45) is 6.16. The van der Waals surface area contributed by atoms with Crippen LogP contribution in [0.25, 0.3) is 0 Å². The van der Waals surface area contributed by atoms with Gasteiger partial charge in [-0.15, -0.1) is 0 Å². The van der Waals surface area contributed by atoms with Gasteiger partial charge in [0.2, 0.25) is 11.8 Å². The SMILES string of the molecule is Cc1cc(N2C(=O)[C@@H]3[C@H](C2=O)[C@@H]2C=C[C@H]3CC2)ccc1F. The van der Waals surface area contributed by atoms with Gasteiger partial charge < -0.3 is 0 Å². The van der Waals surface area contributed by atoms with Crippen LogP contribution in [0.3, 0.4) is 0 Å². The highest BCUT2D eigenvalue weighted by Gasteiger charge is 2.56. The fourth-order valence-corrected chi connectivity index (χ4v) is 4.10. The molecular formula is C17H16FNO2. The number of nitrogens with zero attached hydrogens (tertiary/aromatic N) is 1. The Labute approximate surface area is 122 Å². The van der Waals surface area contributed by atoms with E-state index in [2.05, 4.69) is 12.2 Å². The zero-order valence-electron chi connectivity index (χ0n) is 11.8. The highest BCUT2D eigenvalue weighted by atomic mass is 19.1. The highest BCUT2D eigenvalue weighted by molar-refractivity contribution is 6.22. The predicted molar refractivity (Wildman–Crippen MR) is 76.0 cm³/mol. The van der Waals surface area contributed by atoms with Crippen molar-refractivity contribution >= 4 is 17.5 Å². The zero-order valence-corrected chi connectivity index (χ0v) is 11.8. The van der Waals surface area contributed by atoms with Crippen LogP contribution in [0.2, 0.25) is 0 Å². The molecule has 1 aliphatic heterocycles. The molecule has 1 heterocycles. The highest BCUT2D eigenvalue weighted by Crippen LogP contribution is 2.50. The van der Waals surface area contributed by atoms with E-state index in [0.717, 1.165) is 12.8 Å². The minimum atomic E-state index is -0.322. The number of fused-ring (bicyclic) bond motifs is 1. The van der Waals surface area contributed by atoms with Crippen LogP contribution in [0.15, 0.2) is 30.4 Å². The number of hydrogen-bond donors (Lipinski definition) is 0. The van der Waals surface area contributed by atoms with Crippen LogP contribution in [0, 0.1) is 36.4 Å². The summed E-state index contributed by atoms with van der Waals surface area (Å²) in [6.45, 7) is 1.64. The van der Waals surface area contributed by atoms with E-state index in [0.29, 0.717) is 11.3 Å². The first-order valence-corrected chi connectivity index (χ1v) is 7.40. The standard InChI is InChI=1S/C17H16FNO2/c1-9-8-12(6-7-13(9)18)19-16(20)14-10-2-3-11(5-4-10)15(14)17(19)21/h2-3,6-8,10-11,14-15H,4-5H2,1H3/t10-,11+,14-,15+. The molecule has 4 atom stereocenters. The molecule has 1 saturated carbocycles. The third-order valence-corrected chi connectivity index (χ3v) is 5.16. The Morgan fingerprint density at radius 1 is 1.05 bits per heavy atom. The third-order valence-electron chi connectivity index (χ3n) is 5.16. The number of carbonyl (C=O) groups excluding carboxylic acids is 2. The van der Waals surface area contributed by atoms with Gasteiger partial charge in [0.05, 0.1) is 17.5 Å². The maximum atomic E-state index is 13.4. The number of halogens is 1. The normalized spacial score (nSPS) is 33.7. The predicted octanol–water partition coefficient (Wildman–Crippen LogP) is 2.84. The maximum absolute atomic E-state index is 13.4. The molecule has 2 amide bonds. The molecule has 0 aromatic heterocycles. The zero-order chi connectivity index (χ0) is 14.7. The van der Waals surface area contributed by atoms with Gasteiger partial charge in [-0.3, -0.25) is 14.5 Å². The summed E-state index contributed by atoms with van der Waals surface area (Å²) < 4.78 is 13.4. The Balaban J connectivity index is 1.76. The molecule has 2 bridgehead atoms. The molecule has 1 saturated heterocycles. The largest absolute Gasteiger partial charge is 0.274 e. The lowest BCUT2D eigenvalue weighted by molar-refractivity contribution is -0.124. The smallest absolute Gasteiger partial charge is 0.238 e. The third kappa shape index (κ3) is 1.65. The van der Waals surface area contributed by atoms with Crippen molar-refractivity contribution in [2.75, 3.05) is 4.90 Å². The van der Waals surface area contributed by atoms with Crippen molar-refractivity contribution in [1.82, 2.24) is 0 Å². The molecule has 0 radical (unpaired) electrons. The molecule has 1 aromatic carbocycles. The molecule has 5 rings (SSSR count). The Bertz CT molecular complexity index is 649. The molecule has 0 unspecified atom stereocenters. The molecule has 108 valence electrons. The summed E-state index contributed by atoms with van der Waals surface area (Å²) in [5.41, 5.74) is 0.946. The van der Waals surface area contributed by atoms with Gasteiger partial charge in [0.25, 0.3) is 0 Å². The molecule has 0 N–H and O–H groups in total. The minimum absolute atomic E-state index is 0.116. The number of imide groups is 1. The van der Waals surface area contributed by atoms with Gasteiger partial charge in [0.1, 0.15) is 5.82 Å². The number of amides is 2. The van der Waals surface area contributed by atoms with Crippen molar-refractivity contribution in [3.8, 4) is 0 Å². The number of allylic oxidation sites excluding steroid dienone is 2. The fourth-order valence-electron chi connectivity index (χ4n) is 4.10. The molecule has 2 fully saturated rings. The van der Waals surface area contributed by atoms with E-state index in [1.165, 1.54) is 17.0 Å². The van der Waals surface area contributed by atoms with E-state index in [-0.39, 0.29) is 41.3 Å². The van der Waals surface area contributed by atoms with E-state index >= 15 is 0 Å². The lowest BCUT2D eigenvalue weighted by Gasteiger charge is -2.38. The lowest BCUT2D eigenvalue weighted by Crippen LogP contribution is -2.38. The number of aryl methyl sites for hydroxylation is 1. The van der Waals surface area contributed by atoms with Crippen molar-refractivity contribution < 1.29 is 14.0 Å². The number of benzene rings is 1. The topological polar surface area (TPSA) is 37.4 Å². The van der Waals surface area contributed by atoms with Crippen LogP contribution in [-0.2, 0) is 9.59 Å². The van der Waals surface area contributed by atoms with Crippen molar-refractivity contribution in [2.45, 2.75) is 19.8 Å². The number of carbonyl (C=O) groups is 2. The van der Waals surface area contributed by atoms with Crippen LogP contribution >= 0.6 is 0 Å². The van der Waals surface area contributed by atoms with Gasteiger partial charge in [0, 0.05) is 0 Å². The lowest BCUT2D eigenvalue weighted by atomic mass is 9.63. The van der Waals surface area contributed by atoms with Gasteiger partial charge in [-0.25, -0.2) is 4.39 Å². The minimum Gasteiger partial charge on any atom is -0.274 e. The molecule has 3 aliphatic carbocycles. The monoisotopic (exact) mass is 285 g/mol. The second-order valence-electron chi connectivity index (χ2n) is 6.29. The molecule has 21 heavy (non-hydrogen) atoms. The Morgan fingerprint density at radius 2 is 1.62 bits per heavy atom. The molecule has 4 heteroatoms. The van der Waals surface area contributed by atoms with E-state index in [1.54, 1.807) is 13.0 Å². The molecule has 1 aromatic rings. The molecule has 3 nitrogen and oxygen atoms in total. The van der Waals surface area contributed by atoms with Crippen LogP contribution in [0.5, 0.6) is 0 Å². The van der Waals surface area contributed by atoms with Crippen molar-refractivity contribution in [1.29, 1.82) is 0 Å². The van der Waals surface area contributed by atoms with Crippen LogP contribution in [-0.4, -0.2) is 11.8 Å². The number of rotatable bonds is 1. The summed E-state index contributed by atoms with van der Waals surface area (Å²) in [5, 5.41) is 0. The van der Waals surface area contributed by atoms with E-state index in [9.17, 15) is 14.0 Å². The first kappa shape index (κ1) is 12.7. The molecular weight excluding hydrogens is 269 g/mol. The molecule has 4 aliphatic rings. The number of hydrogen-bond acceptors (Lipinski definition) is 2. The fraction of sp³-hybridized carbons (Fsp3) is 0.412. The Kier molecular flexibility index (Phi) is 2.59. The van der Waals surface area contributed by atoms with Gasteiger partial charge in [-0.05, 0) is 55.4 Å². The first-order valence-electron chi connectivity index (χ1n) is 7.40. The second kappa shape index (κ2) is 4.26. The van der Waals surface area contributed by atoms with Crippen molar-refractivity contribution in [3.05, 3.63) is 41.7 Å². The van der Waals surface area contributed by atoms with Crippen LogP contribution in [0.4, 0.5) is 10.1 Å². The van der Waals surface area contributed by atoms with E-state index in [1.807, 2.05) is 0 Å². The van der Waals surface area contributed by atoms with Gasteiger partial charge in [0.15, 0.2) is 0 Å². The quantitative estimate of drug-likeness (QED) is 0.588. The van der Waals surface area contributed by atoms with Crippen LogP contribution < -0.4 is 4.90 Å². The first-order chi connectivity index (χ1) is 10.1. The van der Waals surface area contributed by atoms with Crippen LogP contribution in [0.1, 0.15) is 18.4 Å². The maximum Gasteiger partial charge on any atom is 0.238 e. The summed E-state index contributed by atoms with van der Waals surface area (Å²) in [5.74, 6) is -0.619. The van der Waals surface area contributed by atoms with Gasteiger partial charge >= 0.3 is 0 Å². The van der Waals surface area contributed by atoms with Crippen molar-refractivity contribution in [2.24, 2.45) is 23.7 Å². The van der Waals surface area contributed by atoms with E-state index < -0.39 is 0 Å². The average molecular weight is 285 g/mol. The Hall–Kier alpha value is -1.97. The van der Waals surface area contributed by atoms with E-state index in [4.69, 9.17) is 0 Å². The number of anilines is 1. The second-order valence-corrected chi connectivity index (χ2v) is 6.29. The molecule has 0 spiro atoms. The summed E-state index contributed by atoms with van der Waals surface area (Å²) in [6, 6.07) is 4.42. The van der Waals surface area contributed by atoms with Gasteiger partial charge in [-0.2, -0.15) is 0 Å². The summed E-state index contributed by atoms with van der Waals surface area (Å²) in [4.78, 5) is 26.7. The van der Waals surface area contributed by atoms with Gasteiger partial charge in [-0.1, -0.05) is 12.2 Å². The van der Waals surface area contributed by atoms with Crippen molar-refractivity contribution in [3.63, 3.8) is 0 Å².